The molecule has 7 nitrogen and oxygen atoms in total. The minimum Gasteiger partial charge on any atom is -0.379 e. The third kappa shape index (κ3) is 5.35. The van der Waals surface area contributed by atoms with Crippen LogP contribution in [0.3, 0.4) is 0 Å². The first-order valence-corrected chi connectivity index (χ1v) is 10.5. The van der Waals surface area contributed by atoms with Gasteiger partial charge in [0, 0.05) is 59.1 Å². The Labute approximate surface area is 169 Å². The maximum atomic E-state index is 5.59. The zero-order valence-corrected chi connectivity index (χ0v) is 17.7. The highest BCUT2D eigenvalue weighted by atomic mass is 16.5. The molecule has 156 valence electrons. The maximum Gasteiger partial charge on any atom is 0.191 e. The van der Waals surface area contributed by atoms with Crippen molar-refractivity contribution in [1.29, 1.82) is 0 Å². The summed E-state index contributed by atoms with van der Waals surface area (Å²) >= 11 is 0. The molecule has 0 radical (unpaired) electrons. The number of anilines is 1. The number of aromatic nitrogens is 1. The van der Waals surface area contributed by atoms with Crippen LogP contribution in [0.5, 0.6) is 0 Å². The molecule has 3 rings (SSSR count). The molecular formula is C21H36N6O. The number of rotatable bonds is 6. The number of hydrogen-bond donors (Lipinski definition) is 2. The van der Waals surface area contributed by atoms with Crippen LogP contribution in [0.2, 0.25) is 0 Å². The van der Waals surface area contributed by atoms with Gasteiger partial charge in [0.25, 0.3) is 0 Å². The first-order valence-electron chi connectivity index (χ1n) is 10.5. The first kappa shape index (κ1) is 20.9. The predicted molar refractivity (Wildman–Crippen MR) is 115 cm³/mol. The predicted octanol–water partition coefficient (Wildman–Crippen LogP) is 1.85. The van der Waals surface area contributed by atoms with E-state index in [1.807, 2.05) is 38.3 Å². The Balaban J connectivity index is 1.58. The van der Waals surface area contributed by atoms with Crippen molar-refractivity contribution in [2.24, 2.45) is 4.99 Å². The van der Waals surface area contributed by atoms with Crippen LogP contribution in [0.4, 0.5) is 5.82 Å². The van der Waals surface area contributed by atoms with Crippen LogP contribution in [0.1, 0.15) is 37.7 Å². The van der Waals surface area contributed by atoms with E-state index in [9.17, 15) is 0 Å². The highest BCUT2D eigenvalue weighted by Crippen LogP contribution is 2.33. The highest BCUT2D eigenvalue weighted by molar-refractivity contribution is 5.79. The average molecular weight is 389 g/mol. The number of ether oxygens (including phenoxy) is 1. The van der Waals surface area contributed by atoms with Crippen LogP contribution in [-0.2, 0) is 11.3 Å². The molecule has 28 heavy (non-hydrogen) atoms. The van der Waals surface area contributed by atoms with Crippen molar-refractivity contribution in [3.63, 3.8) is 0 Å². The van der Waals surface area contributed by atoms with Crippen molar-refractivity contribution in [1.82, 2.24) is 20.5 Å². The molecule has 1 aromatic rings. The Kier molecular flexibility index (Phi) is 7.50. The Bertz CT molecular complexity index is 636. The summed E-state index contributed by atoms with van der Waals surface area (Å²) in [6.07, 6.45) is 8.36. The molecule has 2 aliphatic rings. The number of aliphatic imine (C=N–C) groups is 1. The van der Waals surface area contributed by atoms with Gasteiger partial charge in [-0.25, -0.2) is 4.98 Å². The van der Waals surface area contributed by atoms with E-state index >= 15 is 0 Å². The lowest BCUT2D eigenvalue weighted by molar-refractivity contribution is -0.0352. The van der Waals surface area contributed by atoms with Crippen LogP contribution < -0.4 is 15.5 Å². The molecule has 0 spiro atoms. The van der Waals surface area contributed by atoms with Crippen molar-refractivity contribution in [3.05, 3.63) is 23.9 Å². The normalized spacial score (nSPS) is 20.6. The molecule has 7 heteroatoms. The average Bonchev–Trinajstić information content (AvgIpc) is 2.75. The zero-order valence-electron chi connectivity index (χ0n) is 17.7. The van der Waals surface area contributed by atoms with Gasteiger partial charge >= 0.3 is 0 Å². The minimum atomic E-state index is 0.231. The number of morpholine rings is 1. The second kappa shape index (κ2) is 10.1. The molecule has 0 atom stereocenters. The van der Waals surface area contributed by atoms with E-state index in [1.165, 1.54) is 37.7 Å². The van der Waals surface area contributed by atoms with E-state index in [0.29, 0.717) is 0 Å². The first-order chi connectivity index (χ1) is 13.6. The van der Waals surface area contributed by atoms with Crippen molar-refractivity contribution in [2.45, 2.75) is 44.2 Å². The van der Waals surface area contributed by atoms with Crippen LogP contribution >= 0.6 is 0 Å². The quantitative estimate of drug-likeness (QED) is 0.573. The van der Waals surface area contributed by atoms with Gasteiger partial charge in [-0.05, 0) is 30.5 Å². The van der Waals surface area contributed by atoms with Gasteiger partial charge in [0.1, 0.15) is 5.82 Å². The van der Waals surface area contributed by atoms with E-state index in [0.717, 1.165) is 51.2 Å². The Morgan fingerprint density at radius 2 is 1.96 bits per heavy atom. The summed E-state index contributed by atoms with van der Waals surface area (Å²) < 4.78 is 5.59. The maximum absolute atomic E-state index is 5.59. The molecular weight excluding hydrogens is 352 g/mol. The van der Waals surface area contributed by atoms with Gasteiger partial charge in [-0.2, -0.15) is 0 Å². The SMILES string of the molecule is CN=C(NCc1ccnc(N(C)C)c1)NCC1(N2CCOCC2)CCCCC1. The summed E-state index contributed by atoms with van der Waals surface area (Å²) in [6.45, 7) is 5.45. The summed E-state index contributed by atoms with van der Waals surface area (Å²) in [6, 6.07) is 4.15. The summed E-state index contributed by atoms with van der Waals surface area (Å²) in [5, 5.41) is 7.08. The van der Waals surface area contributed by atoms with E-state index in [2.05, 4.69) is 31.6 Å². The van der Waals surface area contributed by atoms with Gasteiger partial charge in [0.15, 0.2) is 5.96 Å². The fourth-order valence-electron chi connectivity index (χ4n) is 4.32. The summed E-state index contributed by atoms with van der Waals surface area (Å²) in [4.78, 5) is 13.5. The Morgan fingerprint density at radius 1 is 1.21 bits per heavy atom. The smallest absolute Gasteiger partial charge is 0.191 e. The fraction of sp³-hybridized carbons (Fsp3) is 0.714. The molecule has 2 heterocycles. The van der Waals surface area contributed by atoms with Crippen molar-refractivity contribution in [2.75, 3.05) is 58.9 Å². The number of guanidine groups is 1. The zero-order chi connectivity index (χ0) is 19.8. The number of pyridine rings is 1. The molecule has 2 fully saturated rings. The molecule has 0 amide bonds. The lowest BCUT2D eigenvalue weighted by Crippen LogP contribution is -2.60. The second-order valence-electron chi connectivity index (χ2n) is 8.08. The highest BCUT2D eigenvalue weighted by Gasteiger charge is 2.38. The Morgan fingerprint density at radius 3 is 2.64 bits per heavy atom. The standard InChI is InChI=1S/C21H36N6O/c1-22-20(24-16-18-7-10-23-19(15-18)26(2)3)25-17-21(8-5-4-6-9-21)27-11-13-28-14-12-27/h7,10,15H,4-6,8-9,11-14,16-17H2,1-3H3,(H2,22,24,25). The lowest BCUT2D eigenvalue weighted by Gasteiger charge is -2.48. The van der Waals surface area contributed by atoms with Gasteiger partial charge < -0.3 is 20.3 Å². The summed E-state index contributed by atoms with van der Waals surface area (Å²) in [5.41, 5.74) is 1.43. The van der Waals surface area contributed by atoms with Gasteiger partial charge in [0.2, 0.25) is 0 Å². The van der Waals surface area contributed by atoms with E-state index < -0.39 is 0 Å². The van der Waals surface area contributed by atoms with Crippen molar-refractivity contribution < 1.29 is 4.74 Å². The molecule has 1 saturated heterocycles. The fourth-order valence-corrected chi connectivity index (χ4v) is 4.32. The van der Waals surface area contributed by atoms with Crippen molar-refractivity contribution >= 4 is 11.8 Å². The van der Waals surface area contributed by atoms with E-state index in [-0.39, 0.29) is 5.54 Å². The largest absolute Gasteiger partial charge is 0.379 e. The van der Waals surface area contributed by atoms with Gasteiger partial charge in [0.05, 0.1) is 13.2 Å². The van der Waals surface area contributed by atoms with Crippen LogP contribution in [0, 0.1) is 0 Å². The van der Waals surface area contributed by atoms with Crippen LogP contribution in [0.25, 0.3) is 0 Å². The Hall–Kier alpha value is -1.86. The van der Waals surface area contributed by atoms with E-state index in [4.69, 9.17) is 4.74 Å². The van der Waals surface area contributed by atoms with Gasteiger partial charge in [-0.1, -0.05) is 19.3 Å². The minimum absolute atomic E-state index is 0.231. The lowest BCUT2D eigenvalue weighted by atomic mass is 9.80. The molecule has 2 N–H and O–H groups in total. The number of nitrogens with one attached hydrogen (secondary N) is 2. The van der Waals surface area contributed by atoms with Crippen molar-refractivity contribution in [3.8, 4) is 0 Å². The second-order valence-corrected chi connectivity index (χ2v) is 8.08. The molecule has 0 bridgehead atoms. The molecule has 1 aliphatic heterocycles. The summed E-state index contributed by atoms with van der Waals surface area (Å²) in [7, 11) is 5.86. The molecule has 1 aliphatic carbocycles. The van der Waals surface area contributed by atoms with Gasteiger partial charge in [-0.15, -0.1) is 0 Å². The van der Waals surface area contributed by atoms with Gasteiger partial charge in [-0.3, -0.25) is 9.89 Å². The van der Waals surface area contributed by atoms with E-state index in [1.54, 1.807) is 0 Å². The third-order valence-electron chi connectivity index (χ3n) is 6.00. The third-order valence-corrected chi connectivity index (χ3v) is 6.00. The monoisotopic (exact) mass is 388 g/mol. The molecule has 0 aromatic carbocycles. The molecule has 1 saturated carbocycles. The number of hydrogen-bond acceptors (Lipinski definition) is 5. The molecule has 0 unspecified atom stereocenters. The molecule has 1 aromatic heterocycles. The topological polar surface area (TPSA) is 65.0 Å². The number of nitrogens with zero attached hydrogens (tertiary/aromatic N) is 4. The van der Waals surface area contributed by atoms with Crippen LogP contribution in [-0.4, -0.2) is 75.4 Å². The van der Waals surface area contributed by atoms with Crippen LogP contribution in [0.15, 0.2) is 23.3 Å². The summed E-state index contributed by atoms with van der Waals surface area (Å²) in [5.74, 6) is 1.83.